The van der Waals surface area contributed by atoms with Gasteiger partial charge in [-0.2, -0.15) is 4.31 Å². The van der Waals surface area contributed by atoms with Crippen LogP contribution in [0.5, 0.6) is 0 Å². The summed E-state index contributed by atoms with van der Waals surface area (Å²) >= 11 is 1.51. The number of aromatic nitrogens is 1. The molecule has 0 radical (unpaired) electrons. The molecule has 13 nitrogen and oxygen atoms in total. The highest BCUT2D eigenvalue weighted by Gasteiger charge is 2.40. The molecule has 3 amide bonds. The SMILES string of the molecule is Cc1nc(CN2CCN(C(C(=O)N[C@@H](Cc3ccccc3)[C@H](O)CN(CC(C)C)S(=O)(=O)c3ccc(NS(C)(=O)=O)cc3)C(C)C)C2=O)cs1. The summed E-state index contributed by atoms with van der Waals surface area (Å²) in [5.74, 6) is -0.798. The highest BCUT2D eigenvalue weighted by molar-refractivity contribution is 7.92. The van der Waals surface area contributed by atoms with E-state index in [1.54, 1.807) is 9.80 Å². The molecule has 274 valence electrons. The maximum Gasteiger partial charge on any atom is 0.321 e. The Morgan fingerprint density at radius 1 is 1.00 bits per heavy atom. The van der Waals surface area contributed by atoms with E-state index in [1.807, 2.05) is 70.3 Å². The summed E-state index contributed by atoms with van der Waals surface area (Å²) < 4.78 is 54.6. The van der Waals surface area contributed by atoms with Gasteiger partial charge in [-0.3, -0.25) is 9.52 Å². The number of benzene rings is 2. The predicted octanol–water partition coefficient (Wildman–Crippen LogP) is 3.52. The lowest BCUT2D eigenvalue weighted by Gasteiger charge is -2.34. The van der Waals surface area contributed by atoms with E-state index in [0.717, 1.165) is 22.5 Å². The summed E-state index contributed by atoms with van der Waals surface area (Å²) in [6.07, 6.45) is -0.117. The number of carbonyl (C=O) groups is 2. The largest absolute Gasteiger partial charge is 0.390 e. The number of nitrogens with zero attached hydrogens (tertiary/aromatic N) is 4. The van der Waals surface area contributed by atoms with Crippen LogP contribution in [0.2, 0.25) is 0 Å². The van der Waals surface area contributed by atoms with Crippen LogP contribution < -0.4 is 10.0 Å². The highest BCUT2D eigenvalue weighted by atomic mass is 32.2. The smallest absolute Gasteiger partial charge is 0.321 e. The van der Waals surface area contributed by atoms with Crippen molar-refractivity contribution in [1.82, 2.24) is 24.4 Å². The maximum absolute atomic E-state index is 14.1. The zero-order valence-corrected chi connectivity index (χ0v) is 31.8. The number of urea groups is 1. The van der Waals surface area contributed by atoms with Gasteiger partial charge in [-0.1, -0.05) is 58.0 Å². The van der Waals surface area contributed by atoms with E-state index in [9.17, 15) is 31.5 Å². The number of aliphatic hydroxyl groups is 1. The van der Waals surface area contributed by atoms with Crippen LogP contribution in [0.4, 0.5) is 10.5 Å². The highest BCUT2D eigenvalue weighted by Crippen LogP contribution is 2.24. The molecule has 1 aliphatic rings. The molecule has 1 fully saturated rings. The number of hydrogen-bond acceptors (Lipinski definition) is 9. The Labute approximate surface area is 299 Å². The number of amides is 3. The lowest BCUT2D eigenvalue weighted by molar-refractivity contribution is -0.128. The first-order valence-corrected chi connectivity index (χ1v) is 20.7. The van der Waals surface area contributed by atoms with Gasteiger partial charge >= 0.3 is 6.03 Å². The van der Waals surface area contributed by atoms with Crippen LogP contribution in [0.1, 0.15) is 44.0 Å². The molecule has 0 saturated carbocycles. The molecule has 1 saturated heterocycles. The van der Waals surface area contributed by atoms with E-state index < -0.39 is 44.1 Å². The molecule has 0 bridgehead atoms. The van der Waals surface area contributed by atoms with Gasteiger partial charge in [0.15, 0.2) is 0 Å². The lowest BCUT2D eigenvalue weighted by Crippen LogP contribution is -2.57. The van der Waals surface area contributed by atoms with E-state index in [0.29, 0.717) is 19.6 Å². The third kappa shape index (κ3) is 10.5. The molecule has 1 aromatic heterocycles. The number of sulfonamides is 2. The minimum absolute atomic E-state index is 0.0715. The number of rotatable bonds is 17. The molecule has 2 heterocycles. The fraction of sp³-hybridized carbons (Fsp3) is 0.500. The summed E-state index contributed by atoms with van der Waals surface area (Å²) in [5, 5.41) is 17.6. The van der Waals surface area contributed by atoms with E-state index in [2.05, 4.69) is 15.0 Å². The molecule has 0 aliphatic carbocycles. The monoisotopic (exact) mass is 748 g/mol. The average molecular weight is 749 g/mol. The Morgan fingerprint density at radius 3 is 2.22 bits per heavy atom. The van der Waals surface area contributed by atoms with Crippen LogP contribution in [-0.2, 0) is 37.8 Å². The quantitative estimate of drug-likeness (QED) is 0.189. The first-order chi connectivity index (χ1) is 23.4. The molecule has 1 unspecified atom stereocenters. The van der Waals surface area contributed by atoms with Crippen molar-refractivity contribution in [3.05, 3.63) is 76.2 Å². The van der Waals surface area contributed by atoms with Gasteiger partial charge in [-0.15, -0.1) is 11.3 Å². The van der Waals surface area contributed by atoms with Gasteiger partial charge in [-0.05, 0) is 55.0 Å². The molecule has 3 N–H and O–H groups in total. The van der Waals surface area contributed by atoms with Gasteiger partial charge in [0, 0.05) is 37.2 Å². The van der Waals surface area contributed by atoms with Crippen molar-refractivity contribution in [3.63, 3.8) is 0 Å². The van der Waals surface area contributed by atoms with Crippen molar-refractivity contribution in [3.8, 4) is 0 Å². The Balaban J connectivity index is 1.57. The topological polar surface area (TPSA) is 169 Å². The summed E-state index contributed by atoms with van der Waals surface area (Å²) in [6, 6.07) is 12.6. The van der Waals surface area contributed by atoms with E-state index in [-0.39, 0.29) is 48.0 Å². The first-order valence-electron chi connectivity index (χ1n) is 16.5. The number of aliphatic hydroxyl groups excluding tert-OH is 1. The minimum atomic E-state index is -4.15. The molecule has 50 heavy (non-hydrogen) atoms. The molecular weight excluding hydrogens is 701 g/mol. The maximum atomic E-state index is 14.1. The van der Waals surface area contributed by atoms with Gasteiger partial charge < -0.3 is 20.2 Å². The molecule has 16 heteroatoms. The molecule has 3 aromatic rings. The second-order valence-corrected chi connectivity index (χ2v) is 18.2. The third-order valence-corrected chi connectivity index (χ3v) is 11.5. The number of thiazole rings is 1. The van der Waals surface area contributed by atoms with Crippen LogP contribution in [0.25, 0.3) is 0 Å². The Morgan fingerprint density at radius 2 is 1.66 bits per heavy atom. The van der Waals surface area contributed by atoms with Crippen molar-refractivity contribution in [2.75, 3.05) is 37.2 Å². The van der Waals surface area contributed by atoms with Crippen molar-refractivity contribution in [1.29, 1.82) is 0 Å². The molecule has 1 aliphatic heterocycles. The standard InChI is InChI=1S/C34H48N6O7S3/c1-23(2)19-39(50(46,47)29-14-12-27(13-15-29)37-49(6,44)45)21-31(41)30(18-26-10-8-7-9-11-26)36-33(42)32(24(3)4)40-17-16-38(34(40)43)20-28-22-48-25(5)35-28/h7-15,22-24,30-32,37,41H,16-21H2,1-6H3,(H,36,42)/t30-,31+,32?/m0/s1. The Bertz CT molecular complexity index is 1820. The fourth-order valence-corrected chi connectivity index (χ4v) is 8.77. The summed E-state index contributed by atoms with van der Waals surface area (Å²) in [6.45, 7) is 10.2. The molecule has 2 aromatic carbocycles. The van der Waals surface area contributed by atoms with Crippen LogP contribution in [0.15, 0.2) is 64.9 Å². The second-order valence-electron chi connectivity index (χ2n) is 13.4. The lowest BCUT2D eigenvalue weighted by atomic mass is 9.97. The average Bonchev–Trinajstić information content (AvgIpc) is 3.60. The number of hydrogen-bond donors (Lipinski definition) is 3. The number of nitrogens with one attached hydrogen (secondary N) is 2. The van der Waals surface area contributed by atoms with Gasteiger partial charge in [0.25, 0.3) is 0 Å². The van der Waals surface area contributed by atoms with Crippen LogP contribution in [-0.4, -0.2) is 104 Å². The molecule has 3 atom stereocenters. The van der Waals surface area contributed by atoms with E-state index >= 15 is 0 Å². The van der Waals surface area contributed by atoms with Crippen molar-refractivity contribution in [2.24, 2.45) is 11.8 Å². The van der Waals surface area contributed by atoms with Crippen molar-refractivity contribution >= 4 is 49.0 Å². The van der Waals surface area contributed by atoms with E-state index in [4.69, 9.17) is 0 Å². The van der Waals surface area contributed by atoms with Crippen LogP contribution >= 0.6 is 11.3 Å². The van der Waals surface area contributed by atoms with Gasteiger partial charge in [-0.25, -0.2) is 26.6 Å². The molecule has 4 rings (SSSR count). The minimum Gasteiger partial charge on any atom is -0.390 e. The Kier molecular flexibility index (Phi) is 13.0. The third-order valence-electron chi connectivity index (χ3n) is 8.23. The van der Waals surface area contributed by atoms with Crippen molar-refractivity contribution in [2.45, 2.75) is 70.7 Å². The van der Waals surface area contributed by atoms with Crippen LogP contribution in [0, 0.1) is 18.8 Å². The number of aryl methyl sites for hydroxylation is 1. The zero-order valence-electron chi connectivity index (χ0n) is 29.3. The number of anilines is 1. The molecular formula is C34H48N6O7S3. The predicted molar refractivity (Wildman–Crippen MR) is 195 cm³/mol. The van der Waals surface area contributed by atoms with Gasteiger partial charge in [0.2, 0.25) is 26.0 Å². The van der Waals surface area contributed by atoms with E-state index in [1.165, 1.54) is 39.9 Å². The summed E-state index contributed by atoms with van der Waals surface area (Å²) in [4.78, 5) is 35.3. The first kappa shape index (κ1) is 39.2. The number of carbonyl (C=O) groups excluding carboxylic acids is 2. The molecule has 0 spiro atoms. The van der Waals surface area contributed by atoms with Crippen molar-refractivity contribution < 1.29 is 31.5 Å². The fourth-order valence-electron chi connectivity index (χ4n) is 5.98. The second kappa shape index (κ2) is 16.6. The summed E-state index contributed by atoms with van der Waals surface area (Å²) in [5.41, 5.74) is 1.83. The van der Waals surface area contributed by atoms with Gasteiger partial charge in [0.05, 0.1) is 40.5 Å². The Hall–Kier alpha value is -3.57. The summed E-state index contributed by atoms with van der Waals surface area (Å²) in [7, 11) is -7.70. The normalized spacial score (nSPS) is 15.9. The zero-order chi connectivity index (χ0) is 36.8. The van der Waals surface area contributed by atoms with Gasteiger partial charge in [0.1, 0.15) is 6.04 Å². The van der Waals surface area contributed by atoms with Crippen LogP contribution in [0.3, 0.4) is 0 Å².